The molecule has 0 N–H and O–H groups in total. The van der Waals surface area contributed by atoms with Gasteiger partial charge in [-0.1, -0.05) is 12.1 Å². The Balaban J connectivity index is 1.80. The monoisotopic (exact) mass is 315 g/mol. The molecule has 23 heavy (non-hydrogen) atoms. The molecule has 0 saturated heterocycles. The fourth-order valence-electron chi connectivity index (χ4n) is 2.94. The number of imidazole rings is 1. The molecule has 0 aliphatic heterocycles. The van der Waals surface area contributed by atoms with Gasteiger partial charge in [-0.3, -0.25) is 9.20 Å². The lowest BCUT2D eigenvalue weighted by Crippen LogP contribution is -2.25. The molecule has 3 aromatic rings. The highest BCUT2D eigenvalue weighted by Gasteiger charge is 2.42. The van der Waals surface area contributed by atoms with Crippen LogP contribution >= 0.6 is 0 Å². The van der Waals surface area contributed by atoms with Crippen molar-refractivity contribution in [2.24, 2.45) is 0 Å². The fraction of sp³-hybridized carbons (Fsp3) is 0.294. The molecule has 118 valence electrons. The first-order valence-corrected chi connectivity index (χ1v) is 7.50. The van der Waals surface area contributed by atoms with Crippen LogP contribution in [0.3, 0.4) is 0 Å². The fourth-order valence-corrected chi connectivity index (χ4v) is 2.94. The van der Waals surface area contributed by atoms with E-state index >= 15 is 0 Å². The van der Waals surface area contributed by atoms with Gasteiger partial charge in [-0.25, -0.2) is 13.8 Å². The topological polar surface area (TPSA) is 39.3 Å². The molecule has 6 heteroatoms. The van der Waals surface area contributed by atoms with Crippen molar-refractivity contribution < 1.29 is 8.78 Å². The molecule has 0 amide bonds. The minimum absolute atomic E-state index is 0.205. The average Bonchev–Trinajstić information content (AvgIpc) is 3.07. The Hall–Kier alpha value is -2.50. The standard InChI is InChI=1S/C17H15F2N3O/c1-10-8-22-15(7-20-16(22)13-6-14(13)19)17(23)21(10)9-11-3-2-4-12(18)5-11/h2-5,7-8,13-14H,6,9H2,1H3/t13?,14-/m1/s1. The van der Waals surface area contributed by atoms with Crippen molar-refractivity contribution in [2.75, 3.05) is 0 Å². The molecule has 0 radical (unpaired) electrons. The van der Waals surface area contributed by atoms with Crippen LogP contribution in [-0.2, 0) is 6.54 Å². The van der Waals surface area contributed by atoms with Crippen LogP contribution in [0.15, 0.2) is 41.5 Å². The van der Waals surface area contributed by atoms with E-state index in [4.69, 9.17) is 0 Å². The molecule has 4 nitrogen and oxygen atoms in total. The highest BCUT2D eigenvalue weighted by Crippen LogP contribution is 2.42. The third-order valence-electron chi connectivity index (χ3n) is 4.31. The van der Waals surface area contributed by atoms with Gasteiger partial charge in [-0.2, -0.15) is 0 Å². The van der Waals surface area contributed by atoms with E-state index in [9.17, 15) is 13.6 Å². The van der Waals surface area contributed by atoms with Crippen LogP contribution in [0.2, 0.25) is 0 Å². The van der Waals surface area contributed by atoms with Crippen LogP contribution in [0.1, 0.15) is 29.4 Å². The number of halogens is 2. The molecule has 0 bridgehead atoms. The van der Waals surface area contributed by atoms with Gasteiger partial charge in [0.05, 0.1) is 18.7 Å². The molecule has 0 spiro atoms. The van der Waals surface area contributed by atoms with E-state index in [0.717, 1.165) is 5.69 Å². The first kappa shape index (κ1) is 14.1. The number of rotatable bonds is 3. The molecule has 1 aliphatic carbocycles. The summed E-state index contributed by atoms with van der Waals surface area (Å²) < 4.78 is 29.9. The van der Waals surface area contributed by atoms with Gasteiger partial charge in [-0.05, 0) is 31.0 Å². The highest BCUT2D eigenvalue weighted by atomic mass is 19.1. The number of nitrogens with zero attached hydrogens (tertiary/aromatic N) is 3. The van der Waals surface area contributed by atoms with Gasteiger partial charge < -0.3 is 4.57 Å². The zero-order valence-corrected chi connectivity index (χ0v) is 12.5. The van der Waals surface area contributed by atoms with Gasteiger partial charge in [0.25, 0.3) is 5.56 Å². The van der Waals surface area contributed by atoms with E-state index in [2.05, 4.69) is 4.98 Å². The summed E-state index contributed by atoms with van der Waals surface area (Å²) in [7, 11) is 0. The van der Waals surface area contributed by atoms with Crippen molar-refractivity contribution in [1.82, 2.24) is 14.0 Å². The Kier molecular flexibility index (Phi) is 3.07. The third kappa shape index (κ3) is 2.34. The minimum atomic E-state index is -0.865. The number of alkyl halides is 1. The molecular formula is C17H15F2N3O. The number of hydrogen-bond acceptors (Lipinski definition) is 2. The summed E-state index contributed by atoms with van der Waals surface area (Å²) in [5.41, 5.74) is 1.65. The third-order valence-corrected chi connectivity index (χ3v) is 4.31. The lowest BCUT2D eigenvalue weighted by atomic mass is 10.2. The number of fused-ring (bicyclic) bond motifs is 1. The van der Waals surface area contributed by atoms with Gasteiger partial charge in [0, 0.05) is 11.9 Å². The molecular weight excluding hydrogens is 300 g/mol. The molecule has 1 aliphatic rings. The predicted octanol–water partition coefficient (Wildman–Crippen LogP) is 2.82. The Labute approximate surface area is 131 Å². The summed E-state index contributed by atoms with van der Waals surface area (Å²) in [6.07, 6.45) is 2.88. The summed E-state index contributed by atoms with van der Waals surface area (Å²) in [4.78, 5) is 16.9. The van der Waals surface area contributed by atoms with Crippen LogP contribution in [0, 0.1) is 12.7 Å². The summed E-state index contributed by atoms with van der Waals surface area (Å²) in [6, 6.07) is 6.18. The van der Waals surface area contributed by atoms with E-state index in [-0.39, 0.29) is 23.8 Å². The van der Waals surface area contributed by atoms with Crippen molar-refractivity contribution in [2.45, 2.75) is 32.0 Å². The summed E-state index contributed by atoms with van der Waals surface area (Å²) >= 11 is 0. The first-order valence-electron chi connectivity index (χ1n) is 7.50. The van der Waals surface area contributed by atoms with Gasteiger partial charge in [0.1, 0.15) is 23.3 Å². The zero-order valence-electron chi connectivity index (χ0n) is 12.5. The second-order valence-corrected chi connectivity index (χ2v) is 6.02. The van der Waals surface area contributed by atoms with Gasteiger partial charge >= 0.3 is 0 Å². The molecule has 2 aromatic heterocycles. The molecule has 1 aromatic carbocycles. The number of aryl methyl sites for hydroxylation is 1. The number of hydrogen-bond donors (Lipinski definition) is 0. The predicted molar refractivity (Wildman–Crippen MR) is 81.9 cm³/mol. The van der Waals surface area contributed by atoms with E-state index in [1.807, 2.05) is 6.92 Å². The van der Waals surface area contributed by atoms with Crippen molar-refractivity contribution in [3.8, 4) is 0 Å². The molecule has 1 unspecified atom stereocenters. The SMILES string of the molecule is Cc1cn2c(C3C[C@H]3F)ncc2c(=O)n1Cc1cccc(F)c1. The zero-order chi connectivity index (χ0) is 16.1. The second-order valence-electron chi connectivity index (χ2n) is 6.02. The molecule has 1 fully saturated rings. The van der Waals surface area contributed by atoms with Crippen LogP contribution in [-0.4, -0.2) is 20.1 Å². The van der Waals surface area contributed by atoms with E-state index in [0.29, 0.717) is 23.3 Å². The van der Waals surface area contributed by atoms with Gasteiger partial charge in [0.2, 0.25) is 0 Å². The van der Waals surface area contributed by atoms with Crippen LogP contribution in [0.5, 0.6) is 0 Å². The highest BCUT2D eigenvalue weighted by molar-refractivity contribution is 5.46. The quantitative estimate of drug-likeness (QED) is 0.745. The maximum absolute atomic E-state index is 13.3. The van der Waals surface area contributed by atoms with Gasteiger partial charge in [0.15, 0.2) is 0 Å². The average molecular weight is 315 g/mol. The van der Waals surface area contributed by atoms with Crippen molar-refractivity contribution in [1.29, 1.82) is 0 Å². The van der Waals surface area contributed by atoms with E-state index in [1.54, 1.807) is 27.3 Å². The lowest BCUT2D eigenvalue weighted by molar-refractivity contribution is 0.464. The van der Waals surface area contributed by atoms with Crippen LogP contribution in [0.25, 0.3) is 5.52 Å². The Morgan fingerprint density at radius 2 is 2.17 bits per heavy atom. The Morgan fingerprint density at radius 3 is 2.87 bits per heavy atom. The van der Waals surface area contributed by atoms with Crippen LogP contribution < -0.4 is 5.56 Å². The van der Waals surface area contributed by atoms with E-state index < -0.39 is 6.17 Å². The normalized spacial score (nSPS) is 20.1. The number of benzene rings is 1. The van der Waals surface area contributed by atoms with Crippen molar-refractivity contribution in [3.63, 3.8) is 0 Å². The minimum Gasteiger partial charge on any atom is -0.305 e. The van der Waals surface area contributed by atoms with Gasteiger partial charge in [-0.15, -0.1) is 0 Å². The number of aromatic nitrogens is 3. The van der Waals surface area contributed by atoms with Crippen molar-refractivity contribution in [3.05, 3.63) is 69.9 Å². The molecule has 1 saturated carbocycles. The van der Waals surface area contributed by atoms with E-state index in [1.165, 1.54) is 18.3 Å². The van der Waals surface area contributed by atoms with Crippen LogP contribution in [0.4, 0.5) is 8.78 Å². The Bertz CT molecular complexity index is 960. The summed E-state index contributed by atoms with van der Waals surface area (Å²) in [5, 5.41) is 0. The van der Waals surface area contributed by atoms with Crippen molar-refractivity contribution >= 4 is 5.52 Å². The lowest BCUT2D eigenvalue weighted by Gasteiger charge is -2.12. The summed E-state index contributed by atoms with van der Waals surface area (Å²) in [6.45, 7) is 2.10. The first-order chi connectivity index (χ1) is 11.0. The maximum Gasteiger partial charge on any atom is 0.276 e. The largest absolute Gasteiger partial charge is 0.305 e. The molecule has 2 atom stereocenters. The Morgan fingerprint density at radius 1 is 1.39 bits per heavy atom. The molecule has 2 heterocycles. The smallest absolute Gasteiger partial charge is 0.276 e. The summed E-state index contributed by atoms with van der Waals surface area (Å²) in [5.74, 6) is 0.0598. The molecule has 4 rings (SSSR count). The maximum atomic E-state index is 13.3. The second kappa shape index (κ2) is 5.01.